The summed E-state index contributed by atoms with van der Waals surface area (Å²) in [6, 6.07) is 6.38. The first-order chi connectivity index (χ1) is 13.2. The molecule has 5 nitrogen and oxygen atoms in total. The fourth-order valence-corrected chi connectivity index (χ4v) is 3.90. The summed E-state index contributed by atoms with van der Waals surface area (Å²) in [5.74, 6) is -0.569. The van der Waals surface area contributed by atoms with Crippen molar-refractivity contribution in [1.82, 2.24) is 14.8 Å². The number of rotatable bonds is 5. The summed E-state index contributed by atoms with van der Waals surface area (Å²) in [7, 11) is 0. The van der Waals surface area contributed by atoms with Gasteiger partial charge < -0.3 is 4.74 Å². The van der Waals surface area contributed by atoms with E-state index in [4.69, 9.17) is 9.72 Å². The van der Waals surface area contributed by atoms with Crippen molar-refractivity contribution in [1.29, 1.82) is 0 Å². The van der Waals surface area contributed by atoms with E-state index in [0.717, 1.165) is 26.7 Å². The van der Waals surface area contributed by atoms with Crippen LogP contribution < -0.4 is 0 Å². The number of hydrogen-bond donors (Lipinski definition) is 0. The molecule has 0 bridgehead atoms. The van der Waals surface area contributed by atoms with Crippen LogP contribution >= 0.6 is 11.3 Å². The molecule has 0 radical (unpaired) electrons. The third kappa shape index (κ3) is 4.14. The van der Waals surface area contributed by atoms with Crippen molar-refractivity contribution < 1.29 is 13.9 Å². The average molecular weight is 402 g/mol. The molecule has 0 aliphatic rings. The van der Waals surface area contributed by atoms with E-state index in [1.807, 2.05) is 11.6 Å². The molecule has 0 fully saturated rings. The van der Waals surface area contributed by atoms with Crippen LogP contribution in [0.4, 0.5) is 4.39 Å². The third-order valence-electron chi connectivity index (χ3n) is 4.26. The fourth-order valence-electron chi connectivity index (χ4n) is 2.96. The van der Waals surface area contributed by atoms with Crippen molar-refractivity contribution >= 4 is 17.3 Å². The summed E-state index contributed by atoms with van der Waals surface area (Å²) >= 11 is 1.52. The average Bonchev–Trinajstić information content (AvgIpc) is 3.20. The number of carbonyl (C=O) groups excluding carboxylic acids is 1. The van der Waals surface area contributed by atoms with Gasteiger partial charge in [0.15, 0.2) is 0 Å². The van der Waals surface area contributed by atoms with Gasteiger partial charge in [-0.15, -0.1) is 11.3 Å². The van der Waals surface area contributed by atoms with E-state index in [0.29, 0.717) is 12.3 Å². The smallest absolute Gasteiger partial charge is 0.311 e. The van der Waals surface area contributed by atoms with Gasteiger partial charge in [-0.2, -0.15) is 5.10 Å². The Balaban J connectivity index is 2.09. The number of benzene rings is 1. The van der Waals surface area contributed by atoms with Crippen molar-refractivity contribution in [2.45, 2.75) is 46.6 Å². The van der Waals surface area contributed by atoms with Gasteiger partial charge in [-0.05, 0) is 58.9 Å². The number of nitrogens with zero attached hydrogens (tertiary/aromatic N) is 3. The van der Waals surface area contributed by atoms with Crippen LogP contribution in [0.5, 0.6) is 0 Å². The Bertz CT molecular complexity index is 984. The number of esters is 1. The van der Waals surface area contributed by atoms with E-state index in [1.165, 1.54) is 23.5 Å². The molecule has 148 valence electrons. The number of aromatic nitrogens is 3. The van der Waals surface area contributed by atoms with E-state index in [2.05, 4.69) is 25.9 Å². The van der Waals surface area contributed by atoms with Gasteiger partial charge in [0.2, 0.25) is 0 Å². The van der Waals surface area contributed by atoms with Crippen molar-refractivity contribution in [3.63, 3.8) is 0 Å². The van der Waals surface area contributed by atoms with E-state index in [1.54, 1.807) is 25.3 Å². The minimum Gasteiger partial charge on any atom is -0.466 e. The predicted octanol–water partition coefficient (Wildman–Crippen LogP) is 4.98. The molecule has 0 unspecified atom stereocenters. The first-order valence-electron chi connectivity index (χ1n) is 9.17. The van der Waals surface area contributed by atoms with Crippen LogP contribution in [0.25, 0.3) is 21.8 Å². The third-order valence-corrected chi connectivity index (χ3v) is 5.31. The summed E-state index contributed by atoms with van der Waals surface area (Å²) in [5, 5.41) is 5.37. The highest BCUT2D eigenvalue weighted by atomic mass is 32.1. The number of carbonyl (C=O) groups is 1. The van der Waals surface area contributed by atoms with Crippen molar-refractivity contribution in [2.24, 2.45) is 0 Å². The monoisotopic (exact) mass is 401 g/mol. The molecular weight excluding hydrogens is 377 g/mol. The van der Waals surface area contributed by atoms with Crippen molar-refractivity contribution in [3.05, 3.63) is 46.9 Å². The fraction of sp³-hybridized carbons (Fsp3) is 0.381. The highest BCUT2D eigenvalue weighted by Gasteiger charge is 2.25. The van der Waals surface area contributed by atoms with Gasteiger partial charge in [0.25, 0.3) is 0 Å². The van der Waals surface area contributed by atoms with E-state index in [-0.39, 0.29) is 23.7 Å². The number of aryl methyl sites for hydroxylation is 1. The molecule has 28 heavy (non-hydrogen) atoms. The molecule has 0 atom stereocenters. The Morgan fingerprint density at radius 2 is 1.93 bits per heavy atom. The summed E-state index contributed by atoms with van der Waals surface area (Å²) in [6.07, 6.45) is 1.94. The zero-order chi connectivity index (χ0) is 20.5. The molecule has 3 rings (SSSR count). The Morgan fingerprint density at radius 3 is 2.54 bits per heavy atom. The largest absolute Gasteiger partial charge is 0.466 e. The van der Waals surface area contributed by atoms with Crippen LogP contribution in [0.3, 0.4) is 0 Å². The molecule has 1 aromatic carbocycles. The maximum Gasteiger partial charge on any atom is 0.311 e. The molecule has 2 heterocycles. The molecule has 0 N–H and O–H groups in total. The quantitative estimate of drug-likeness (QED) is 0.566. The van der Waals surface area contributed by atoms with E-state index in [9.17, 15) is 9.18 Å². The molecule has 3 aromatic rings. The summed E-state index contributed by atoms with van der Waals surface area (Å²) in [5.41, 5.74) is 3.06. The number of thiazole rings is 1. The Morgan fingerprint density at radius 1 is 1.25 bits per heavy atom. The van der Waals surface area contributed by atoms with E-state index < -0.39 is 0 Å². The van der Waals surface area contributed by atoms with Gasteiger partial charge in [-0.3, -0.25) is 9.48 Å². The van der Waals surface area contributed by atoms with Gasteiger partial charge in [0.1, 0.15) is 10.8 Å². The van der Waals surface area contributed by atoms with Gasteiger partial charge in [0.05, 0.1) is 41.7 Å². The second-order valence-corrected chi connectivity index (χ2v) is 8.70. The topological polar surface area (TPSA) is 57.0 Å². The SMILES string of the molecule is CCOC(=O)Cc1nc(-c2cnn(C(C)(C)C)c2-c2ccc(F)cc2)sc1C. The molecule has 0 saturated carbocycles. The van der Waals surface area contributed by atoms with Gasteiger partial charge in [0, 0.05) is 10.4 Å². The molecule has 0 saturated heterocycles. The van der Waals surface area contributed by atoms with Gasteiger partial charge in [-0.25, -0.2) is 9.37 Å². The van der Waals surface area contributed by atoms with Crippen molar-refractivity contribution in [3.8, 4) is 21.8 Å². The molecule has 0 amide bonds. The molecule has 7 heteroatoms. The second kappa shape index (κ2) is 7.83. The van der Waals surface area contributed by atoms with Crippen LogP contribution in [0, 0.1) is 12.7 Å². The van der Waals surface area contributed by atoms with Crippen LogP contribution in [0.15, 0.2) is 30.5 Å². The molecular formula is C21H24FN3O2S. The second-order valence-electron chi connectivity index (χ2n) is 7.50. The van der Waals surface area contributed by atoms with Crippen molar-refractivity contribution in [2.75, 3.05) is 6.61 Å². The van der Waals surface area contributed by atoms with Crippen LogP contribution in [0.1, 0.15) is 38.3 Å². The number of halogens is 1. The molecule has 0 aliphatic carbocycles. The lowest BCUT2D eigenvalue weighted by Crippen LogP contribution is -2.24. The van der Waals surface area contributed by atoms with E-state index >= 15 is 0 Å². The normalized spacial score (nSPS) is 11.6. The highest BCUT2D eigenvalue weighted by Crippen LogP contribution is 2.38. The summed E-state index contributed by atoms with van der Waals surface area (Å²) < 4.78 is 20.4. The molecule has 0 spiro atoms. The zero-order valence-corrected chi connectivity index (χ0v) is 17.6. The summed E-state index contributed by atoms with van der Waals surface area (Å²) in [6.45, 7) is 10.3. The lowest BCUT2D eigenvalue weighted by Gasteiger charge is -2.23. The van der Waals surface area contributed by atoms with Crippen LogP contribution in [0.2, 0.25) is 0 Å². The van der Waals surface area contributed by atoms with Crippen LogP contribution in [-0.4, -0.2) is 27.3 Å². The maximum atomic E-state index is 13.5. The Hall–Kier alpha value is -2.54. The number of ether oxygens (including phenoxy) is 1. The number of hydrogen-bond acceptors (Lipinski definition) is 5. The lowest BCUT2D eigenvalue weighted by atomic mass is 10.0. The molecule has 0 aliphatic heterocycles. The Kier molecular flexibility index (Phi) is 5.65. The lowest BCUT2D eigenvalue weighted by molar-refractivity contribution is -0.142. The predicted molar refractivity (Wildman–Crippen MR) is 109 cm³/mol. The maximum absolute atomic E-state index is 13.5. The van der Waals surface area contributed by atoms with Gasteiger partial charge in [-0.1, -0.05) is 0 Å². The molecule has 2 aromatic heterocycles. The first kappa shape index (κ1) is 20.2. The van der Waals surface area contributed by atoms with Crippen LogP contribution in [-0.2, 0) is 21.5 Å². The highest BCUT2D eigenvalue weighted by molar-refractivity contribution is 7.15. The van der Waals surface area contributed by atoms with Gasteiger partial charge >= 0.3 is 5.97 Å². The first-order valence-corrected chi connectivity index (χ1v) is 9.99. The minimum absolute atomic E-state index is 0.148. The summed E-state index contributed by atoms with van der Waals surface area (Å²) in [4.78, 5) is 17.5. The zero-order valence-electron chi connectivity index (χ0n) is 16.7. The Labute approximate surface area is 168 Å². The minimum atomic E-state index is -0.286. The standard InChI is InChI=1S/C21H24FN3O2S/c1-6-27-18(26)11-17-13(2)28-20(24-17)16-12-23-25(21(3,4)5)19(16)14-7-9-15(22)10-8-14/h7-10,12H,6,11H2,1-5H3.